The van der Waals surface area contributed by atoms with Crippen LogP contribution >= 0.6 is 0 Å². The van der Waals surface area contributed by atoms with E-state index >= 15 is 0 Å². The van der Waals surface area contributed by atoms with Crippen molar-refractivity contribution in [2.75, 3.05) is 48.5 Å². The molecule has 0 spiro atoms. The molecule has 3 heterocycles. The molecule has 0 amide bonds. The van der Waals surface area contributed by atoms with Gasteiger partial charge in [0.2, 0.25) is 17.8 Å². The van der Waals surface area contributed by atoms with Gasteiger partial charge in [-0.3, -0.25) is 9.68 Å². The average Bonchev–Trinajstić information content (AvgIpc) is 3.12. The van der Waals surface area contributed by atoms with Crippen molar-refractivity contribution in [3.05, 3.63) is 0 Å². The Hall–Kier alpha value is -1.79. The van der Waals surface area contributed by atoms with Crippen LogP contribution in [0.15, 0.2) is 0 Å². The Morgan fingerprint density at radius 2 is 0.982 bits per heavy atom. The molecule has 0 aromatic carbocycles. The van der Waals surface area contributed by atoms with Crippen LogP contribution in [0.25, 0.3) is 0 Å². The van der Waals surface area contributed by atoms with Crippen molar-refractivity contribution in [2.45, 2.75) is 231 Å². The second-order valence-corrected chi connectivity index (χ2v) is 20.0. The van der Waals surface area contributed by atoms with Gasteiger partial charge in [-0.05, 0) is 120 Å². The highest BCUT2D eigenvalue weighted by atomic mass is 16.7. The molecule has 5 rings (SSSR count). The second-order valence-electron chi connectivity index (χ2n) is 20.0. The molecule has 4 fully saturated rings. The number of hydrogen-bond acceptors (Lipinski definition) is 11. The van der Waals surface area contributed by atoms with Crippen molar-refractivity contribution in [1.82, 2.24) is 25.1 Å². The fraction of sp³-hybridized carbons (Fsp3) is 0.932. The summed E-state index contributed by atoms with van der Waals surface area (Å²) in [5.41, 5.74) is -0.604. The summed E-state index contributed by atoms with van der Waals surface area (Å²) in [4.78, 5) is 34.9. The van der Waals surface area contributed by atoms with E-state index in [-0.39, 0.29) is 34.2 Å². The molecule has 11 nitrogen and oxygen atoms in total. The molecule has 2 saturated carbocycles. The molecule has 2 aliphatic heterocycles. The lowest BCUT2D eigenvalue weighted by Crippen LogP contribution is -2.65. The van der Waals surface area contributed by atoms with E-state index in [2.05, 4.69) is 94.5 Å². The predicted octanol–water partition coefficient (Wildman–Crippen LogP) is 9.71. The number of nitrogens with zero attached hydrogens (tertiary/aromatic N) is 7. The van der Waals surface area contributed by atoms with Gasteiger partial charge < -0.3 is 19.9 Å². The first-order valence-corrected chi connectivity index (χ1v) is 22.6. The van der Waals surface area contributed by atoms with E-state index in [0.29, 0.717) is 31.3 Å². The summed E-state index contributed by atoms with van der Waals surface area (Å²) in [5.74, 6) is 2.21. The molecule has 1 aromatic heterocycles. The summed E-state index contributed by atoms with van der Waals surface area (Å²) in [5, 5.41) is 8.28. The normalized spacial score (nSPS) is 24.2. The number of nitrogens with one attached hydrogen (secondary N) is 1. The van der Waals surface area contributed by atoms with Crippen LogP contribution in [0.4, 0.5) is 17.8 Å². The van der Waals surface area contributed by atoms with Crippen LogP contribution in [0.5, 0.6) is 0 Å². The van der Waals surface area contributed by atoms with Crippen molar-refractivity contribution in [3.63, 3.8) is 0 Å². The monoisotopic (exact) mass is 771 g/mol. The van der Waals surface area contributed by atoms with Crippen molar-refractivity contribution in [1.29, 1.82) is 0 Å². The summed E-state index contributed by atoms with van der Waals surface area (Å²) in [7, 11) is 1.74. The van der Waals surface area contributed by atoms with Gasteiger partial charge in [0.25, 0.3) is 0 Å². The fourth-order valence-electron chi connectivity index (χ4n) is 10.6. The van der Waals surface area contributed by atoms with Gasteiger partial charge in [0.1, 0.15) is 0 Å². The van der Waals surface area contributed by atoms with Gasteiger partial charge in [0.15, 0.2) is 0 Å². The third-order valence-electron chi connectivity index (χ3n) is 12.9. The zero-order valence-corrected chi connectivity index (χ0v) is 37.2. The number of rotatable bonds is 18. The SMILES string of the molecule is CCCCN(c1nc(NCCOC)nc(N(CCCC)C2CC(C)(C)N(OC3CCCCC3)C(C)(C)C2)n1)C1CC(C)(C)N(OC2CCCCC2)C(C)(C)C1. The first-order valence-electron chi connectivity index (χ1n) is 22.6. The average molecular weight is 771 g/mol. The number of piperidine rings is 2. The highest BCUT2D eigenvalue weighted by Gasteiger charge is 2.51. The summed E-state index contributed by atoms with van der Waals surface area (Å²) >= 11 is 0. The van der Waals surface area contributed by atoms with Gasteiger partial charge >= 0.3 is 0 Å². The van der Waals surface area contributed by atoms with E-state index in [9.17, 15) is 0 Å². The van der Waals surface area contributed by atoms with E-state index < -0.39 is 0 Å². The van der Waals surface area contributed by atoms with Crippen LogP contribution in [0.2, 0.25) is 0 Å². The quantitative estimate of drug-likeness (QED) is 0.145. The molecular weight excluding hydrogens is 689 g/mol. The van der Waals surface area contributed by atoms with Crippen molar-refractivity contribution in [2.24, 2.45) is 0 Å². The van der Waals surface area contributed by atoms with Crippen LogP contribution in [0.3, 0.4) is 0 Å². The fourth-order valence-corrected chi connectivity index (χ4v) is 10.6. The molecule has 1 N–H and O–H groups in total. The summed E-state index contributed by atoms with van der Waals surface area (Å²) in [6, 6.07) is 0.513. The zero-order valence-electron chi connectivity index (χ0n) is 37.2. The molecule has 0 radical (unpaired) electrons. The summed E-state index contributed by atoms with van der Waals surface area (Å²) in [6.45, 7) is 26.6. The van der Waals surface area contributed by atoms with Gasteiger partial charge in [-0.1, -0.05) is 65.2 Å². The Morgan fingerprint density at radius 1 is 0.600 bits per heavy atom. The van der Waals surface area contributed by atoms with Gasteiger partial charge in [0.05, 0.1) is 18.8 Å². The molecule has 1 aromatic rings. The number of anilines is 3. The Bertz CT molecular complexity index is 1190. The molecular formula is C44H82N8O3. The molecule has 55 heavy (non-hydrogen) atoms. The molecule has 316 valence electrons. The van der Waals surface area contributed by atoms with E-state index in [1.165, 1.54) is 38.5 Å². The largest absolute Gasteiger partial charge is 0.383 e. The van der Waals surface area contributed by atoms with E-state index in [4.69, 9.17) is 29.4 Å². The van der Waals surface area contributed by atoms with Gasteiger partial charge in [-0.25, -0.2) is 0 Å². The number of unbranched alkanes of at least 4 members (excludes halogenated alkanes) is 2. The lowest BCUT2D eigenvalue weighted by atomic mass is 9.78. The van der Waals surface area contributed by atoms with Crippen LogP contribution < -0.4 is 15.1 Å². The lowest BCUT2D eigenvalue weighted by Gasteiger charge is -2.57. The van der Waals surface area contributed by atoms with Crippen LogP contribution in [0.1, 0.15) is 185 Å². The summed E-state index contributed by atoms with van der Waals surface area (Å²) in [6.07, 6.45) is 21.3. The maximum absolute atomic E-state index is 6.92. The second kappa shape index (κ2) is 19.3. The van der Waals surface area contributed by atoms with Gasteiger partial charge in [-0.15, -0.1) is 0 Å². The van der Waals surface area contributed by atoms with E-state index in [0.717, 1.165) is 102 Å². The van der Waals surface area contributed by atoms with Gasteiger partial charge in [-0.2, -0.15) is 25.1 Å². The molecule has 0 unspecified atom stereocenters. The standard InChI is InChI=1S/C44H82N8O3/c1-12-14-27-49(34-30-41(3,4)51(42(5,6)31-34)54-36-22-18-16-19-23-36)39-46-38(45-26-29-53-11)47-40(48-39)50(28-15-13-2)35-32-43(7,8)52(44(9,10)33-35)55-37-24-20-17-21-25-37/h34-37H,12-33H2,1-11H3,(H,45,46,47,48). The Balaban J connectivity index is 1.48. The molecule has 11 heteroatoms. The van der Waals surface area contributed by atoms with Crippen molar-refractivity contribution in [3.8, 4) is 0 Å². The van der Waals surface area contributed by atoms with Crippen molar-refractivity contribution >= 4 is 17.8 Å². The first-order chi connectivity index (χ1) is 26.1. The third kappa shape index (κ3) is 11.5. The van der Waals surface area contributed by atoms with Gasteiger partial charge in [0, 0.05) is 61.0 Å². The maximum atomic E-state index is 6.92. The van der Waals surface area contributed by atoms with Crippen LogP contribution in [-0.4, -0.2) is 105 Å². The molecule has 0 bridgehead atoms. The molecule has 2 saturated heterocycles. The third-order valence-corrected chi connectivity index (χ3v) is 12.9. The number of hydroxylamine groups is 4. The highest BCUT2D eigenvalue weighted by molar-refractivity contribution is 5.47. The lowest BCUT2D eigenvalue weighted by molar-refractivity contribution is -0.310. The predicted molar refractivity (Wildman–Crippen MR) is 227 cm³/mol. The zero-order chi connectivity index (χ0) is 39.9. The molecule has 4 aliphatic rings. The van der Waals surface area contributed by atoms with E-state index in [1.54, 1.807) is 7.11 Å². The Morgan fingerprint density at radius 3 is 1.33 bits per heavy atom. The minimum absolute atomic E-state index is 0.151. The topological polar surface area (TPSA) is 91.4 Å². The number of aromatic nitrogens is 3. The Labute approximate surface area is 336 Å². The van der Waals surface area contributed by atoms with E-state index in [1.807, 2.05) is 0 Å². The maximum Gasteiger partial charge on any atom is 0.232 e. The molecule has 2 aliphatic carbocycles. The smallest absolute Gasteiger partial charge is 0.232 e. The van der Waals surface area contributed by atoms with Crippen LogP contribution in [-0.2, 0) is 14.4 Å². The Kier molecular flexibility index (Phi) is 15.6. The minimum Gasteiger partial charge on any atom is -0.383 e. The number of ether oxygens (including phenoxy) is 1. The van der Waals surface area contributed by atoms with Crippen molar-refractivity contribution < 1.29 is 14.4 Å². The minimum atomic E-state index is -0.151. The van der Waals surface area contributed by atoms with Crippen LogP contribution in [0, 0.1) is 0 Å². The highest BCUT2D eigenvalue weighted by Crippen LogP contribution is 2.45. The molecule has 0 atom stereocenters. The number of hydrogen-bond donors (Lipinski definition) is 1. The number of methoxy groups -OCH3 is 1. The summed E-state index contributed by atoms with van der Waals surface area (Å²) < 4.78 is 5.45. The first kappa shape index (κ1) is 44.3.